The molecule has 0 bridgehead atoms. The zero-order valence-electron chi connectivity index (χ0n) is 20.3. The Kier molecular flexibility index (Phi) is 7.71. The number of amides is 2. The van der Waals surface area contributed by atoms with Crippen molar-refractivity contribution in [1.29, 1.82) is 0 Å². The van der Waals surface area contributed by atoms with Crippen molar-refractivity contribution in [2.24, 2.45) is 0 Å². The molecule has 0 saturated carbocycles. The minimum absolute atomic E-state index is 0.119. The maximum Gasteiger partial charge on any atom is 0.274 e. The molecule has 0 aliphatic rings. The normalized spacial score (nSPS) is 10.7. The first-order chi connectivity index (χ1) is 17.6. The maximum absolute atomic E-state index is 13.4. The zero-order valence-corrected chi connectivity index (χ0v) is 21.8. The van der Waals surface area contributed by atoms with Gasteiger partial charge in [-0.05, 0) is 56.7 Å². The molecule has 0 aliphatic heterocycles. The van der Waals surface area contributed by atoms with Gasteiger partial charge in [-0.1, -0.05) is 53.0 Å². The van der Waals surface area contributed by atoms with Crippen LogP contribution in [0.4, 0.5) is 5.69 Å². The predicted octanol–water partition coefficient (Wildman–Crippen LogP) is 5.36. The van der Waals surface area contributed by atoms with E-state index in [2.05, 4.69) is 20.7 Å². The van der Waals surface area contributed by atoms with E-state index < -0.39 is 11.8 Å². The second-order valence-electron chi connectivity index (χ2n) is 8.46. The van der Waals surface area contributed by atoms with E-state index in [1.807, 2.05) is 19.1 Å². The van der Waals surface area contributed by atoms with Crippen molar-refractivity contribution in [2.75, 3.05) is 11.9 Å². The predicted molar refractivity (Wildman–Crippen MR) is 143 cm³/mol. The average molecular weight is 536 g/mol. The van der Waals surface area contributed by atoms with Crippen molar-refractivity contribution >= 4 is 46.5 Å². The summed E-state index contributed by atoms with van der Waals surface area (Å²) in [5.41, 5.74) is 3.20. The van der Waals surface area contributed by atoms with Crippen molar-refractivity contribution in [1.82, 2.24) is 20.1 Å². The first kappa shape index (κ1) is 26.1. The van der Waals surface area contributed by atoms with Crippen LogP contribution in [-0.4, -0.2) is 38.9 Å². The van der Waals surface area contributed by atoms with Crippen LogP contribution in [-0.2, 0) is 0 Å². The van der Waals surface area contributed by atoms with Gasteiger partial charge in [-0.3, -0.25) is 14.4 Å². The first-order valence-electron chi connectivity index (χ1n) is 11.3. The molecular formula is C27H23Cl2N5O3. The largest absolute Gasteiger partial charge is 0.345 e. The molecule has 2 amide bonds. The number of carbonyl (C=O) groups is 3. The van der Waals surface area contributed by atoms with Crippen LogP contribution in [0, 0.1) is 20.8 Å². The van der Waals surface area contributed by atoms with E-state index in [1.54, 1.807) is 56.4 Å². The molecule has 188 valence electrons. The maximum atomic E-state index is 13.4. The minimum atomic E-state index is -0.557. The molecule has 0 aliphatic carbocycles. The number of aromatic nitrogens is 3. The van der Waals surface area contributed by atoms with Crippen LogP contribution in [0.1, 0.15) is 48.0 Å². The van der Waals surface area contributed by atoms with Crippen LogP contribution in [0.5, 0.6) is 0 Å². The molecule has 0 atom stereocenters. The van der Waals surface area contributed by atoms with Gasteiger partial charge >= 0.3 is 0 Å². The second-order valence-corrected chi connectivity index (χ2v) is 9.31. The van der Waals surface area contributed by atoms with Gasteiger partial charge in [0, 0.05) is 16.8 Å². The Bertz CT molecular complexity index is 1510. The Morgan fingerprint density at radius 3 is 2.38 bits per heavy atom. The smallest absolute Gasteiger partial charge is 0.274 e. The summed E-state index contributed by atoms with van der Waals surface area (Å²) in [7, 11) is 0. The Morgan fingerprint density at radius 1 is 0.946 bits per heavy atom. The van der Waals surface area contributed by atoms with Gasteiger partial charge in [0.05, 0.1) is 28.5 Å². The van der Waals surface area contributed by atoms with E-state index in [4.69, 9.17) is 23.2 Å². The molecule has 8 nitrogen and oxygen atoms in total. The van der Waals surface area contributed by atoms with Crippen molar-refractivity contribution < 1.29 is 14.4 Å². The number of anilines is 1. The molecule has 0 unspecified atom stereocenters. The number of hydrogen-bond donors (Lipinski definition) is 2. The fraction of sp³-hybridized carbons (Fsp3) is 0.148. The molecule has 0 radical (unpaired) electrons. The van der Waals surface area contributed by atoms with E-state index in [0.717, 1.165) is 5.56 Å². The van der Waals surface area contributed by atoms with E-state index >= 15 is 0 Å². The summed E-state index contributed by atoms with van der Waals surface area (Å²) in [6.07, 6.45) is 1.55. The third kappa shape index (κ3) is 5.87. The van der Waals surface area contributed by atoms with Crippen molar-refractivity contribution in [3.8, 4) is 5.82 Å². The SMILES string of the molecule is Cc1ccc(C(=O)CNC(=O)c2cc(Cl)cc(C)c2NC(=O)c2cc(C)nn2-c2ncccc2Cl)cc1. The average Bonchev–Trinajstić information content (AvgIpc) is 3.25. The van der Waals surface area contributed by atoms with Crippen LogP contribution in [0.3, 0.4) is 0 Å². The Hall–Kier alpha value is -4.01. The molecule has 4 aromatic rings. The highest BCUT2D eigenvalue weighted by Crippen LogP contribution is 2.27. The number of Topliss-reactive ketones (excluding diaryl/α,β-unsaturated/α-hetero) is 1. The molecule has 2 aromatic heterocycles. The summed E-state index contributed by atoms with van der Waals surface area (Å²) >= 11 is 12.5. The summed E-state index contributed by atoms with van der Waals surface area (Å²) in [4.78, 5) is 43.2. The first-order valence-corrected chi connectivity index (χ1v) is 12.1. The van der Waals surface area contributed by atoms with Crippen LogP contribution in [0.2, 0.25) is 10.0 Å². The van der Waals surface area contributed by atoms with Gasteiger partial charge in [-0.2, -0.15) is 5.10 Å². The number of aryl methyl sites for hydroxylation is 3. The lowest BCUT2D eigenvalue weighted by molar-refractivity contribution is 0.0904. The molecule has 37 heavy (non-hydrogen) atoms. The number of pyridine rings is 1. The minimum Gasteiger partial charge on any atom is -0.345 e. The van der Waals surface area contributed by atoms with Gasteiger partial charge in [0.1, 0.15) is 5.69 Å². The fourth-order valence-electron chi connectivity index (χ4n) is 3.72. The monoisotopic (exact) mass is 535 g/mol. The molecule has 4 rings (SSSR count). The Balaban J connectivity index is 1.59. The summed E-state index contributed by atoms with van der Waals surface area (Å²) in [6.45, 7) is 5.16. The second kappa shape index (κ2) is 10.9. The number of nitrogens with one attached hydrogen (secondary N) is 2. The molecule has 2 heterocycles. The molecule has 0 fully saturated rings. The summed E-state index contributed by atoms with van der Waals surface area (Å²) in [6, 6.07) is 15.0. The molecule has 2 N–H and O–H groups in total. The molecule has 2 aromatic carbocycles. The van der Waals surface area contributed by atoms with Crippen molar-refractivity contribution in [2.45, 2.75) is 20.8 Å². The number of halogens is 2. The molecule has 0 spiro atoms. The number of hydrogen-bond acceptors (Lipinski definition) is 5. The molecule has 10 heteroatoms. The quantitative estimate of drug-likeness (QED) is 0.309. The van der Waals surface area contributed by atoms with E-state index in [-0.39, 0.29) is 29.3 Å². The number of rotatable bonds is 7. The Morgan fingerprint density at radius 2 is 1.68 bits per heavy atom. The highest BCUT2D eigenvalue weighted by atomic mass is 35.5. The number of carbonyl (C=O) groups excluding carboxylic acids is 3. The lowest BCUT2D eigenvalue weighted by Gasteiger charge is -2.15. The van der Waals surface area contributed by atoms with Crippen LogP contribution in [0.15, 0.2) is 60.8 Å². The molecular weight excluding hydrogens is 513 g/mol. The highest BCUT2D eigenvalue weighted by molar-refractivity contribution is 6.32. The lowest BCUT2D eigenvalue weighted by Crippen LogP contribution is -2.31. The third-order valence-electron chi connectivity index (χ3n) is 5.57. The van der Waals surface area contributed by atoms with Gasteiger partial charge in [0.25, 0.3) is 11.8 Å². The summed E-state index contributed by atoms with van der Waals surface area (Å²) < 4.78 is 1.35. The van der Waals surface area contributed by atoms with Gasteiger partial charge in [0.15, 0.2) is 11.6 Å². The van der Waals surface area contributed by atoms with Crippen molar-refractivity contribution in [3.05, 3.63) is 104 Å². The lowest BCUT2D eigenvalue weighted by atomic mass is 10.1. The van der Waals surface area contributed by atoms with Gasteiger partial charge in [-0.15, -0.1) is 0 Å². The third-order valence-corrected chi connectivity index (χ3v) is 6.08. The molecule has 0 saturated heterocycles. The summed E-state index contributed by atoms with van der Waals surface area (Å²) in [5, 5.41) is 10.4. The zero-order chi connectivity index (χ0) is 26.7. The van der Waals surface area contributed by atoms with Gasteiger partial charge in [-0.25, -0.2) is 9.67 Å². The highest BCUT2D eigenvalue weighted by Gasteiger charge is 2.22. The van der Waals surface area contributed by atoms with Gasteiger partial charge < -0.3 is 10.6 Å². The number of benzene rings is 2. The standard InChI is InChI=1S/C27H23Cl2N5O3/c1-15-6-8-18(9-7-15)23(35)14-31-26(36)20-13-19(28)11-16(2)24(20)32-27(37)22-12-17(3)33-34(22)25-21(29)5-4-10-30-25/h4-13H,14H2,1-3H3,(H,31,36)(H,32,37). The van der Waals surface area contributed by atoms with E-state index in [0.29, 0.717) is 32.7 Å². The fourth-order valence-corrected chi connectivity index (χ4v) is 4.19. The van der Waals surface area contributed by atoms with E-state index in [1.165, 1.54) is 10.7 Å². The van der Waals surface area contributed by atoms with Crippen LogP contribution < -0.4 is 10.6 Å². The van der Waals surface area contributed by atoms with E-state index in [9.17, 15) is 14.4 Å². The van der Waals surface area contributed by atoms with Gasteiger partial charge in [0.2, 0.25) is 0 Å². The van der Waals surface area contributed by atoms with Crippen LogP contribution in [0.25, 0.3) is 5.82 Å². The number of ketones is 1. The Labute approximate surface area is 223 Å². The topological polar surface area (TPSA) is 106 Å². The van der Waals surface area contributed by atoms with Crippen molar-refractivity contribution in [3.63, 3.8) is 0 Å². The number of nitrogens with zero attached hydrogens (tertiary/aromatic N) is 3. The summed E-state index contributed by atoms with van der Waals surface area (Å²) in [5.74, 6) is -1.04. The van der Waals surface area contributed by atoms with Crippen LogP contribution >= 0.6 is 23.2 Å².